The number of hydrogen-bond donors (Lipinski definition) is 0. The number of fused-ring (bicyclic) bond motifs is 5. The third-order valence-corrected chi connectivity index (χ3v) is 11.3. The van der Waals surface area contributed by atoms with Crippen LogP contribution in [0.5, 0.6) is 0 Å². The fourth-order valence-corrected chi connectivity index (χ4v) is 8.47. The van der Waals surface area contributed by atoms with Crippen molar-refractivity contribution in [2.24, 2.45) is 5.92 Å². The number of benzene rings is 5. The largest absolute Gasteiger partial charge is 0.557 e. The minimum absolute atomic E-state index is 0. The number of furan rings is 2. The van der Waals surface area contributed by atoms with Gasteiger partial charge in [-0.05, 0) is 53.6 Å². The van der Waals surface area contributed by atoms with Crippen molar-refractivity contribution in [1.82, 2.24) is 14.5 Å². The van der Waals surface area contributed by atoms with Gasteiger partial charge < -0.3 is 18.4 Å². The number of imidazole rings is 1. The minimum Gasteiger partial charge on any atom is -0.557 e. The van der Waals surface area contributed by atoms with Gasteiger partial charge in [-0.3, -0.25) is 4.98 Å². The van der Waals surface area contributed by atoms with Crippen molar-refractivity contribution >= 4 is 57.2 Å². The molecule has 5 aromatic carbocycles. The molecule has 0 fully saturated rings. The number of hydrogen-bond acceptors (Lipinski definition) is 4. The maximum atomic E-state index is 6.14. The summed E-state index contributed by atoms with van der Waals surface area (Å²) in [6, 6.07) is 44.1. The predicted octanol–water partition coefficient (Wildman–Crippen LogP) is 11.4. The van der Waals surface area contributed by atoms with Crippen molar-refractivity contribution in [2.45, 2.75) is 39.9 Å². The SMILES string of the molecule is CC(C)Cc1cc(-c2[c-]cccc2)ncc1[Si](C)(C)C.[Ir].[c-]1oc2ccccc2c1-c1nc2ccccc2n1-c1ccc2c(c1)oc1ccccc12. The van der Waals surface area contributed by atoms with Gasteiger partial charge in [0.1, 0.15) is 11.2 Å². The van der Waals surface area contributed by atoms with Crippen LogP contribution < -0.4 is 5.19 Å². The van der Waals surface area contributed by atoms with Crippen molar-refractivity contribution in [3.8, 4) is 28.3 Å². The van der Waals surface area contributed by atoms with Crippen molar-refractivity contribution in [2.75, 3.05) is 0 Å². The molecule has 9 rings (SSSR count). The fourth-order valence-electron chi connectivity index (χ4n) is 6.88. The number of pyridine rings is 1. The standard InChI is InChI=1S/C27H15N2O2.C18H24NSi.Ir/c1-5-11-24-19(8-1)21(16-30-24)27-28-22-9-3-4-10-23(22)29(27)17-13-14-20-18-7-2-6-12-25(18)31-26(20)15-17;1-14(2)11-16-12-17(15-9-7-6-8-10-15)19-13-18(16)20(3,4)5;/h1-15H;6-9,12-14H,11H2,1-5H3;/q2*-1;. The summed E-state index contributed by atoms with van der Waals surface area (Å²) < 4.78 is 14.0. The van der Waals surface area contributed by atoms with E-state index in [1.54, 1.807) is 0 Å². The van der Waals surface area contributed by atoms with Gasteiger partial charge in [0, 0.05) is 60.7 Å². The van der Waals surface area contributed by atoms with Crippen molar-refractivity contribution in [3.63, 3.8) is 0 Å². The van der Waals surface area contributed by atoms with Gasteiger partial charge >= 0.3 is 0 Å². The van der Waals surface area contributed by atoms with Crippen molar-refractivity contribution in [3.05, 3.63) is 145 Å². The van der Waals surface area contributed by atoms with Crippen LogP contribution in [0.3, 0.4) is 0 Å². The molecule has 1 radical (unpaired) electrons. The molecule has 0 N–H and O–H groups in total. The summed E-state index contributed by atoms with van der Waals surface area (Å²) in [4.78, 5) is 9.63. The zero-order valence-corrected chi connectivity index (χ0v) is 33.3. The predicted molar refractivity (Wildman–Crippen MR) is 212 cm³/mol. The third-order valence-electron chi connectivity index (χ3n) is 9.24. The Bertz CT molecular complexity index is 2650. The second kappa shape index (κ2) is 14.5. The van der Waals surface area contributed by atoms with Gasteiger partial charge in [-0.25, -0.2) is 0 Å². The smallest absolute Gasteiger partial charge is 0.137 e. The first-order valence-corrected chi connectivity index (χ1v) is 21.0. The summed E-state index contributed by atoms with van der Waals surface area (Å²) in [6.07, 6.45) is 6.32. The van der Waals surface area contributed by atoms with Gasteiger partial charge in [0.15, 0.2) is 0 Å². The van der Waals surface area contributed by atoms with Gasteiger partial charge in [-0.2, -0.15) is 0 Å². The molecule has 52 heavy (non-hydrogen) atoms. The first kappa shape index (κ1) is 35.3. The van der Waals surface area contributed by atoms with E-state index < -0.39 is 8.07 Å². The van der Waals surface area contributed by atoms with Gasteiger partial charge in [0.25, 0.3) is 0 Å². The summed E-state index contributed by atoms with van der Waals surface area (Å²) in [6.45, 7) is 11.7. The Morgan fingerprint density at radius 2 is 1.46 bits per heavy atom. The summed E-state index contributed by atoms with van der Waals surface area (Å²) in [5, 5.41) is 4.70. The Labute approximate surface area is 318 Å². The average molecular weight is 874 g/mol. The van der Waals surface area contributed by atoms with E-state index in [1.165, 1.54) is 10.8 Å². The zero-order valence-electron chi connectivity index (χ0n) is 29.9. The molecule has 4 aromatic heterocycles. The van der Waals surface area contributed by atoms with E-state index in [1.807, 2.05) is 78.9 Å². The quantitative estimate of drug-likeness (QED) is 0.123. The van der Waals surface area contributed by atoms with E-state index in [4.69, 9.17) is 13.8 Å². The fraction of sp³-hybridized carbons (Fsp3) is 0.156. The number of rotatable bonds is 6. The molecule has 0 unspecified atom stereocenters. The molecule has 5 nitrogen and oxygen atoms in total. The number of aromatic nitrogens is 3. The summed E-state index contributed by atoms with van der Waals surface area (Å²) >= 11 is 0. The molecule has 0 aliphatic heterocycles. The number of nitrogens with zero attached hydrogens (tertiary/aromatic N) is 3. The Hall–Kier alpha value is -5.07. The van der Waals surface area contributed by atoms with Gasteiger partial charge in [0.05, 0.1) is 24.9 Å². The first-order valence-electron chi connectivity index (χ1n) is 17.5. The van der Waals surface area contributed by atoms with Crippen LogP contribution in [0.2, 0.25) is 19.6 Å². The molecule has 0 aliphatic rings. The molecule has 7 heteroatoms. The molecule has 0 bridgehead atoms. The van der Waals surface area contributed by atoms with Crippen molar-refractivity contribution in [1.29, 1.82) is 0 Å². The molecule has 0 amide bonds. The molecule has 0 aliphatic carbocycles. The Kier molecular flexibility index (Phi) is 9.86. The maximum absolute atomic E-state index is 6.14. The second-order valence-electron chi connectivity index (χ2n) is 14.5. The summed E-state index contributed by atoms with van der Waals surface area (Å²) in [5.41, 5.74) is 9.90. The topological polar surface area (TPSA) is 57.0 Å². The zero-order chi connectivity index (χ0) is 35.1. The molecular formula is C45H39IrN3O2Si-2. The Morgan fingerprint density at radius 3 is 2.23 bits per heavy atom. The second-order valence-corrected chi connectivity index (χ2v) is 19.5. The van der Waals surface area contributed by atoms with E-state index in [0.29, 0.717) is 5.92 Å². The molecule has 9 aromatic rings. The van der Waals surface area contributed by atoms with E-state index in [-0.39, 0.29) is 20.1 Å². The minimum atomic E-state index is -1.34. The van der Waals surface area contributed by atoms with Crippen LogP contribution in [0.15, 0.2) is 136 Å². The Morgan fingerprint density at radius 1 is 0.750 bits per heavy atom. The summed E-state index contributed by atoms with van der Waals surface area (Å²) in [5.74, 6) is 1.46. The first-order chi connectivity index (χ1) is 24.7. The van der Waals surface area contributed by atoms with Crippen LogP contribution >= 0.6 is 0 Å². The molecule has 0 atom stereocenters. The van der Waals surface area contributed by atoms with Crippen LogP contribution in [-0.2, 0) is 26.5 Å². The van der Waals surface area contributed by atoms with Crippen LogP contribution in [0, 0.1) is 18.2 Å². The van der Waals surface area contributed by atoms with Gasteiger partial charge in [-0.15, -0.1) is 42.0 Å². The Balaban J connectivity index is 0.000000175. The van der Waals surface area contributed by atoms with E-state index >= 15 is 0 Å². The van der Waals surface area contributed by atoms with Crippen LogP contribution in [0.25, 0.3) is 72.3 Å². The van der Waals surface area contributed by atoms with E-state index in [2.05, 4.69) is 104 Å². The molecule has 0 saturated heterocycles. The van der Waals surface area contributed by atoms with Crippen LogP contribution in [-0.4, -0.2) is 22.6 Å². The third kappa shape index (κ3) is 6.80. The van der Waals surface area contributed by atoms with Crippen LogP contribution in [0.4, 0.5) is 0 Å². The average Bonchev–Trinajstić information content (AvgIpc) is 3.84. The maximum Gasteiger partial charge on any atom is 0.137 e. The number of para-hydroxylation sites is 4. The molecule has 0 spiro atoms. The molecule has 261 valence electrons. The molecule has 4 heterocycles. The monoisotopic (exact) mass is 874 g/mol. The van der Waals surface area contributed by atoms with E-state index in [9.17, 15) is 0 Å². The summed E-state index contributed by atoms with van der Waals surface area (Å²) in [7, 11) is -1.34. The normalized spacial score (nSPS) is 11.7. The van der Waals surface area contributed by atoms with Crippen molar-refractivity contribution < 1.29 is 28.9 Å². The van der Waals surface area contributed by atoms with Gasteiger partial charge in [-0.1, -0.05) is 105 Å². The van der Waals surface area contributed by atoms with E-state index in [0.717, 1.165) is 78.7 Å². The molecular weight excluding hydrogens is 835 g/mol. The van der Waals surface area contributed by atoms with Crippen LogP contribution in [0.1, 0.15) is 19.4 Å². The van der Waals surface area contributed by atoms with Gasteiger partial charge in [0.2, 0.25) is 0 Å². The molecule has 0 saturated carbocycles.